The maximum Gasteiger partial charge on any atom is 0.150 e. The maximum atomic E-state index is 4.36. The van der Waals surface area contributed by atoms with Crippen LogP contribution in [0, 0.1) is 0 Å². The van der Waals surface area contributed by atoms with E-state index >= 15 is 0 Å². The van der Waals surface area contributed by atoms with E-state index in [-0.39, 0.29) is 0 Å². The summed E-state index contributed by atoms with van der Waals surface area (Å²) in [5.41, 5.74) is 0. The highest BCUT2D eigenvalue weighted by atomic mass is 15.4. The minimum Gasteiger partial charge on any atom is -0.308 e. The maximum absolute atomic E-state index is 4.36. The summed E-state index contributed by atoms with van der Waals surface area (Å²) in [6.07, 6.45) is 0.931. The fourth-order valence-electron chi connectivity index (χ4n) is 1.27. The largest absolute Gasteiger partial charge is 0.308 e. The second-order valence-corrected chi connectivity index (χ2v) is 2.70. The molecule has 0 unspecified atom stereocenters. The molecule has 2 heterocycles. The Balaban J connectivity index is 2.32. The van der Waals surface area contributed by atoms with Crippen LogP contribution >= 0.6 is 0 Å². The first kappa shape index (κ1) is 6.79. The summed E-state index contributed by atoms with van der Waals surface area (Å²) in [5.74, 6) is 2.04. The van der Waals surface area contributed by atoms with Crippen LogP contribution in [-0.2, 0) is 19.5 Å². The zero-order valence-corrected chi connectivity index (χ0v) is 6.67. The quantitative estimate of drug-likeness (QED) is 0.613. The topological polar surface area (TPSA) is 42.7 Å². The molecule has 4 nitrogen and oxygen atoms in total. The molecule has 11 heavy (non-hydrogen) atoms. The van der Waals surface area contributed by atoms with Crippen LogP contribution in [0.3, 0.4) is 0 Å². The van der Waals surface area contributed by atoms with E-state index in [0.717, 1.165) is 37.7 Å². The molecule has 2 rings (SSSR count). The summed E-state index contributed by atoms with van der Waals surface area (Å²) in [6.45, 7) is 4.92. The zero-order valence-electron chi connectivity index (χ0n) is 6.67. The lowest BCUT2D eigenvalue weighted by atomic mass is 10.4. The monoisotopic (exact) mass is 152 g/mol. The number of nitrogens with one attached hydrogen (secondary N) is 1. The molecule has 1 aliphatic rings. The molecule has 0 aromatic carbocycles. The number of rotatable bonds is 1. The molecule has 1 aromatic rings. The summed E-state index contributed by atoms with van der Waals surface area (Å²) < 4.78 is 2.00. The molecule has 1 aromatic heterocycles. The highest BCUT2D eigenvalue weighted by Crippen LogP contribution is 2.02. The van der Waals surface area contributed by atoms with Gasteiger partial charge in [-0.3, -0.25) is 0 Å². The van der Waals surface area contributed by atoms with Gasteiger partial charge in [0, 0.05) is 13.0 Å². The van der Waals surface area contributed by atoms with Crippen molar-refractivity contribution >= 4 is 0 Å². The van der Waals surface area contributed by atoms with Crippen LogP contribution in [0.4, 0.5) is 0 Å². The highest BCUT2D eigenvalue weighted by Gasteiger charge is 2.11. The van der Waals surface area contributed by atoms with E-state index in [0.29, 0.717) is 0 Å². The Bertz CT molecular complexity index is 229. The number of aryl methyl sites for hydroxylation is 1. The minimum atomic E-state index is 0.868. The third kappa shape index (κ3) is 1.14. The number of fused-ring (bicyclic) bond motifs is 1. The van der Waals surface area contributed by atoms with Gasteiger partial charge in [-0.15, -0.1) is 0 Å². The first-order valence-electron chi connectivity index (χ1n) is 4.03. The van der Waals surface area contributed by atoms with Crippen LogP contribution in [0.2, 0.25) is 0 Å². The molecule has 1 N–H and O–H groups in total. The van der Waals surface area contributed by atoms with E-state index in [1.54, 1.807) is 0 Å². The minimum absolute atomic E-state index is 0.868. The summed E-state index contributed by atoms with van der Waals surface area (Å²) in [7, 11) is 0. The average Bonchev–Trinajstić information content (AvgIpc) is 2.46. The van der Waals surface area contributed by atoms with Gasteiger partial charge in [0.2, 0.25) is 0 Å². The van der Waals surface area contributed by atoms with Gasteiger partial charge in [0.25, 0.3) is 0 Å². The fraction of sp³-hybridized carbons (Fsp3) is 0.714. The Kier molecular flexibility index (Phi) is 1.62. The molecular formula is C7H12N4. The van der Waals surface area contributed by atoms with Crippen molar-refractivity contribution in [1.82, 2.24) is 20.1 Å². The predicted octanol–water partition coefficient (Wildman–Crippen LogP) is -0.0563. The molecular weight excluding hydrogens is 140 g/mol. The van der Waals surface area contributed by atoms with Crippen molar-refractivity contribution in [3.63, 3.8) is 0 Å². The number of hydrogen-bond acceptors (Lipinski definition) is 3. The van der Waals surface area contributed by atoms with Gasteiger partial charge in [-0.25, -0.2) is 9.67 Å². The van der Waals surface area contributed by atoms with Crippen molar-refractivity contribution in [3.05, 3.63) is 11.6 Å². The van der Waals surface area contributed by atoms with Crippen LogP contribution in [0.1, 0.15) is 18.6 Å². The summed E-state index contributed by atoms with van der Waals surface area (Å²) in [6, 6.07) is 0. The summed E-state index contributed by atoms with van der Waals surface area (Å²) >= 11 is 0. The SMILES string of the molecule is CCc1nc2n(n1)CCNC2. The second-order valence-electron chi connectivity index (χ2n) is 2.70. The highest BCUT2D eigenvalue weighted by molar-refractivity contribution is 4.94. The lowest BCUT2D eigenvalue weighted by Crippen LogP contribution is -2.28. The molecule has 0 fully saturated rings. The Morgan fingerprint density at radius 3 is 3.27 bits per heavy atom. The standard InChI is InChI=1S/C7H12N4/c1-2-6-9-7-5-8-3-4-11(7)10-6/h8H,2-5H2,1H3. The number of aromatic nitrogens is 3. The Morgan fingerprint density at radius 1 is 1.64 bits per heavy atom. The molecule has 0 radical (unpaired) electrons. The van der Waals surface area contributed by atoms with Gasteiger partial charge in [-0.1, -0.05) is 6.92 Å². The van der Waals surface area contributed by atoms with E-state index in [2.05, 4.69) is 22.3 Å². The number of nitrogens with zero attached hydrogens (tertiary/aromatic N) is 3. The van der Waals surface area contributed by atoms with E-state index in [4.69, 9.17) is 0 Å². The molecule has 1 aliphatic heterocycles. The molecule has 0 aliphatic carbocycles. The van der Waals surface area contributed by atoms with Gasteiger partial charge in [0.1, 0.15) is 5.82 Å². The van der Waals surface area contributed by atoms with Crippen LogP contribution < -0.4 is 5.32 Å². The average molecular weight is 152 g/mol. The smallest absolute Gasteiger partial charge is 0.150 e. The molecule has 0 bridgehead atoms. The lowest BCUT2D eigenvalue weighted by Gasteiger charge is -2.11. The van der Waals surface area contributed by atoms with E-state index in [1.807, 2.05) is 4.68 Å². The molecule has 0 saturated carbocycles. The summed E-state index contributed by atoms with van der Waals surface area (Å²) in [5, 5.41) is 7.59. The zero-order chi connectivity index (χ0) is 7.68. The molecule has 0 spiro atoms. The normalized spacial score (nSPS) is 16.5. The Morgan fingerprint density at radius 2 is 2.55 bits per heavy atom. The van der Waals surface area contributed by atoms with Crippen LogP contribution in [0.5, 0.6) is 0 Å². The van der Waals surface area contributed by atoms with Crippen LogP contribution in [0.15, 0.2) is 0 Å². The first-order chi connectivity index (χ1) is 5.40. The number of hydrogen-bond donors (Lipinski definition) is 1. The van der Waals surface area contributed by atoms with E-state index in [9.17, 15) is 0 Å². The third-order valence-corrected chi connectivity index (χ3v) is 1.89. The second kappa shape index (κ2) is 2.62. The van der Waals surface area contributed by atoms with Crippen molar-refractivity contribution in [2.24, 2.45) is 0 Å². The molecule has 0 amide bonds. The van der Waals surface area contributed by atoms with Gasteiger partial charge in [0.15, 0.2) is 5.82 Å². The molecule has 0 saturated heterocycles. The van der Waals surface area contributed by atoms with Crippen molar-refractivity contribution < 1.29 is 0 Å². The van der Waals surface area contributed by atoms with Crippen LogP contribution in [-0.4, -0.2) is 21.3 Å². The van der Waals surface area contributed by atoms with E-state index < -0.39 is 0 Å². The Hall–Kier alpha value is -0.900. The lowest BCUT2D eigenvalue weighted by molar-refractivity contribution is 0.467. The molecule has 60 valence electrons. The van der Waals surface area contributed by atoms with Gasteiger partial charge < -0.3 is 5.32 Å². The fourth-order valence-corrected chi connectivity index (χ4v) is 1.27. The third-order valence-electron chi connectivity index (χ3n) is 1.89. The van der Waals surface area contributed by atoms with Gasteiger partial charge in [0.05, 0.1) is 13.1 Å². The van der Waals surface area contributed by atoms with Crippen molar-refractivity contribution in [1.29, 1.82) is 0 Å². The van der Waals surface area contributed by atoms with Crippen molar-refractivity contribution in [3.8, 4) is 0 Å². The van der Waals surface area contributed by atoms with Crippen LogP contribution in [0.25, 0.3) is 0 Å². The Labute approximate surface area is 65.6 Å². The van der Waals surface area contributed by atoms with Crippen molar-refractivity contribution in [2.45, 2.75) is 26.4 Å². The first-order valence-corrected chi connectivity index (χ1v) is 4.03. The molecule has 4 heteroatoms. The van der Waals surface area contributed by atoms with Crippen molar-refractivity contribution in [2.75, 3.05) is 6.54 Å². The summed E-state index contributed by atoms with van der Waals surface area (Å²) in [4.78, 5) is 4.36. The molecule has 0 atom stereocenters. The van der Waals surface area contributed by atoms with Gasteiger partial charge >= 0.3 is 0 Å². The van der Waals surface area contributed by atoms with Gasteiger partial charge in [-0.05, 0) is 0 Å². The predicted molar refractivity (Wildman–Crippen MR) is 41.1 cm³/mol. The van der Waals surface area contributed by atoms with Gasteiger partial charge in [-0.2, -0.15) is 5.10 Å². The van der Waals surface area contributed by atoms with E-state index in [1.165, 1.54) is 0 Å².